The third kappa shape index (κ3) is 2.39. The Bertz CT molecular complexity index is 374. The van der Waals surface area contributed by atoms with Crippen LogP contribution in [-0.2, 0) is 4.57 Å². The summed E-state index contributed by atoms with van der Waals surface area (Å²) in [6, 6.07) is 6.93. The fraction of sp³-hybridized carbons (Fsp3) is 0.300. The van der Waals surface area contributed by atoms with Gasteiger partial charge in [0, 0.05) is 25.7 Å². The maximum absolute atomic E-state index is 11.6. The summed E-state index contributed by atoms with van der Waals surface area (Å²) in [5.41, 5.74) is 0.581. The Labute approximate surface area is 84.5 Å². The van der Waals surface area contributed by atoms with E-state index in [4.69, 9.17) is 0 Å². The maximum Gasteiger partial charge on any atom is 0.373 e. The summed E-state index contributed by atoms with van der Waals surface area (Å²) < 4.78 is 11.2. The molecule has 1 atom stereocenters. The van der Waals surface area contributed by atoms with E-state index in [1.54, 1.807) is 45.0 Å². The van der Waals surface area contributed by atoms with Gasteiger partial charge < -0.3 is 4.90 Å². The van der Waals surface area contributed by atoms with E-state index in [1.165, 1.54) is 4.90 Å². The average molecular weight is 210 g/mol. The Morgan fingerprint density at radius 3 is 2.50 bits per heavy atom. The van der Waals surface area contributed by atoms with E-state index in [0.717, 1.165) is 0 Å². The van der Waals surface area contributed by atoms with E-state index < -0.39 is 7.80 Å². The van der Waals surface area contributed by atoms with Crippen LogP contribution >= 0.6 is 7.80 Å². The lowest BCUT2D eigenvalue weighted by molar-refractivity contribution is 0.0827. The van der Waals surface area contributed by atoms with E-state index in [2.05, 4.69) is 0 Å². The topological polar surface area (TPSA) is 37.4 Å². The quantitative estimate of drug-likeness (QED) is 0.693. The molecule has 0 saturated carbocycles. The highest BCUT2D eigenvalue weighted by molar-refractivity contribution is 7.52. The molecule has 0 aliphatic heterocycles. The first-order valence-electron chi connectivity index (χ1n) is 4.25. The molecule has 0 aromatic heterocycles. The smallest absolute Gasteiger partial charge is 0.345 e. The second-order valence-electron chi connectivity index (χ2n) is 3.25. The van der Waals surface area contributed by atoms with Crippen LogP contribution in [0.1, 0.15) is 10.4 Å². The second kappa shape index (κ2) is 4.34. The van der Waals surface area contributed by atoms with Gasteiger partial charge in [0.15, 0.2) is 5.30 Å². The largest absolute Gasteiger partial charge is 0.373 e. The Balaban J connectivity index is 3.06. The summed E-state index contributed by atoms with van der Waals surface area (Å²) in [5.74, 6) is -0.0660. The van der Waals surface area contributed by atoms with Gasteiger partial charge in [-0.15, -0.1) is 0 Å². The Hall–Kier alpha value is -1.21. The fourth-order valence-electron chi connectivity index (χ4n) is 1.09. The molecule has 1 amide bonds. The van der Waals surface area contributed by atoms with Crippen LogP contribution in [0.15, 0.2) is 24.3 Å². The number of carbonyl (C=O) groups is 1. The standard InChI is InChI=1S/C10H13NO2P/c1-11(2)10(12)8-5-4-6-9(7-8)14(3)13/h4-7H,1-3H3/q+1. The molecule has 3 nitrogen and oxygen atoms in total. The first-order valence-corrected chi connectivity index (χ1v) is 5.95. The highest BCUT2D eigenvalue weighted by atomic mass is 31.1. The number of carbonyl (C=O) groups excluding carboxylic acids is 1. The molecule has 1 aromatic rings. The van der Waals surface area contributed by atoms with Crippen LogP contribution in [0, 0.1) is 0 Å². The van der Waals surface area contributed by atoms with Gasteiger partial charge in [-0.3, -0.25) is 4.79 Å². The van der Waals surface area contributed by atoms with Gasteiger partial charge in [0.05, 0.1) is 0 Å². The molecule has 0 aliphatic rings. The Morgan fingerprint density at radius 1 is 1.36 bits per heavy atom. The second-order valence-corrected chi connectivity index (χ2v) is 4.76. The molecule has 0 radical (unpaired) electrons. The normalized spacial score (nSPS) is 10.9. The lowest BCUT2D eigenvalue weighted by Gasteiger charge is -2.09. The number of rotatable bonds is 2. The molecule has 4 heteroatoms. The number of hydrogen-bond donors (Lipinski definition) is 0. The molecular formula is C10H13NO2P+. The molecule has 74 valence electrons. The van der Waals surface area contributed by atoms with Gasteiger partial charge in [0.25, 0.3) is 5.91 Å². The number of nitrogens with zero attached hydrogens (tertiary/aromatic N) is 1. The predicted molar refractivity (Wildman–Crippen MR) is 57.6 cm³/mol. The van der Waals surface area contributed by atoms with Crippen LogP contribution in [0.5, 0.6) is 0 Å². The van der Waals surface area contributed by atoms with Crippen molar-refractivity contribution in [2.45, 2.75) is 0 Å². The summed E-state index contributed by atoms with van der Waals surface area (Å²) in [4.78, 5) is 13.1. The molecule has 0 saturated heterocycles. The summed E-state index contributed by atoms with van der Waals surface area (Å²) in [5, 5.41) is 0.715. The highest BCUT2D eigenvalue weighted by Crippen LogP contribution is 2.14. The molecule has 1 unspecified atom stereocenters. The summed E-state index contributed by atoms with van der Waals surface area (Å²) in [7, 11) is 2.01. The maximum atomic E-state index is 11.6. The molecule has 0 heterocycles. The van der Waals surface area contributed by atoms with Crippen LogP contribution < -0.4 is 5.30 Å². The highest BCUT2D eigenvalue weighted by Gasteiger charge is 2.15. The van der Waals surface area contributed by atoms with E-state index >= 15 is 0 Å². The van der Waals surface area contributed by atoms with Gasteiger partial charge in [0.2, 0.25) is 0 Å². The SMILES string of the molecule is CN(C)C(=O)c1cccc([P+](C)=O)c1. The monoisotopic (exact) mass is 210 g/mol. The number of benzene rings is 1. The van der Waals surface area contributed by atoms with Crippen molar-refractivity contribution in [3.8, 4) is 0 Å². The van der Waals surface area contributed by atoms with E-state index in [9.17, 15) is 9.36 Å². The third-order valence-corrected chi connectivity index (χ3v) is 2.87. The zero-order chi connectivity index (χ0) is 10.7. The Morgan fingerprint density at radius 2 is 2.00 bits per heavy atom. The van der Waals surface area contributed by atoms with Crippen molar-refractivity contribution >= 4 is 19.0 Å². The van der Waals surface area contributed by atoms with Crippen LogP contribution in [0.4, 0.5) is 0 Å². The van der Waals surface area contributed by atoms with E-state index in [1.807, 2.05) is 0 Å². The van der Waals surface area contributed by atoms with Gasteiger partial charge in [-0.1, -0.05) is 10.6 Å². The summed E-state index contributed by atoms with van der Waals surface area (Å²) in [6.07, 6.45) is 0. The van der Waals surface area contributed by atoms with Crippen molar-refractivity contribution < 1.29 is 9.36 Å². The van der Waals surface area contributed by atoms with E-state index in [-0.39, 0.29) is 5.91 Å². The lowest BCUT2D eigenvalue weighted by atomic mass is 10.2. The molecular weight excluding hydrogens is 197 g/mol. The van der Waals surface area contributed by atoms with Crippen LogP contribution in [0.3, 0.4) is 0 Å². The van der Waals surface area contributed by atoms with Gasteiger partial charge in [-0.05, 0) is 12.1 Å². The van der Waals surface area contributed by atoms with Gasteiger partial charge in [0.1, 0.15) is 6.66 Å². The van der Waals surface area contributed by atoms with Crippen molar-refractivity contribution in [1.82, 2.24) is 4.90 Å². The zero-order valence-corrected chi connectivity index (χ0v) is 9.41. The molecule has 0 N–H and O–H groups in total. The number of hydrogen-bond acceptors (Lipinski definition) is 2. The molecule has 14 heavy (non-hydrogen) atoms. The third-order valence-electron chi connectivity index (χ3n) is 1.86. The summed E-state index contributed by atoms with van der Waals surface area (Å²) >= 11 is 0. The van der Waals surface area contributed by atoms with E-state index in [0.29, 0.717) is 10.9 Å². The number of amides is 1. The van der Waals surface area contributed by atoms with Gasteiger partial charge >= 0.3 is 7.80 Å². The molecule has 1 rings (SSSR count). The minimum atomic E-state index is -1.38. The van der Waals surface area contributed by atoms with Crippen LogP contribution in [-0.4, -0.2) is 31.6 Å². The van der Waals surface area contributed by atoms with Gasteiger partial charge in [-0.2, -0.15) is 0 Å². The minimum Gasteiger partial charge on any atom is -0.345 e. The van der Waals surface area contributed by atoms with Gasteiger partial charge in [-0.25, -0.2) is 0 Å². The Kier molecular flexibility index (Phi) is 3.37. The minimum absolute atomic E-state index is 0.0660. The first-order chi connectivity index (χ1) is 6.52. The molecule has 1 aromatic carbocycles. The average Bonchev–Trinajstić information content (AvgIpc) is 2.16. The van der Waals surface area contributed by atoms with Crippen molar-refractivity contribution in [2.24, 2.45) is 0 Å². The van der Waals surface area contributed by atoms with Crippen LogP contribution in [0.2, 0.25) is 0 Å². The fourth-order valence-corrected chi connectivity index (χ4v) is 1.71. The molecule has 0 spiro atoms. The van der Waals surface area contributed by atoms with Crippen molar-refractivity contribution in [1.29, 1.82) is 0 Å². The van der Waals surface area contributed by atoms with Crippen molar-refractivity contribution in [3.63, 3.8) is 0 Å². The predicted octanol–water partition coefficient (Wildman–Crippen LogP) is 1.47. The summed E-state index contributed by atoms with van der Waals surface area (Å²) in [6.45, 7) is 1.63. The lowest BCUT2D eigenvalue weighted by Crippen LogP contribution is -2.22. The molecule has 0 bridgehead atoms. The van der Waals surface area contributed by atoms with Crippen molar-refractivity contribution in [2.75, 3.05) is 20.8 Å². The molecule has 0 fully saturated rings. The van der Waals surface area contributed by atoms with Crippen LogP contribution in [0.25, 0.3) is 0 Å². The van der Waals surface area contributed by atoms with Crippen molar-refractivity contribution in [3.05, 3.63) is 29.8 Å². The zero-order valence-electron chi connectivity index (χ0n) is 8.52. The molecule has 0 aliphatic carbocycles. The first kappa shape index (κ1) is 10.9.